The maximum atomic E-state index is 11.9. The normalized spacial score (nSPS) is 10.7. The number of carboxylic acid groups (broad SMARTS) is 1. The molecule has 2 aromatic rings. The average Bonchev–Trinajstić information content (AvgIpc) is 2.56. The van der Waals surface area contributed by atoms with Crippen LogP contribution in [0.25, 0.3) is 0 Å². The number of hydrogen-bond donors (Lipinski definition) is 3. The minimum Gasteiger partial charge on any atom is -0.508 e. The second-order valence-corrected chi connectivity index (χ2v) is 6.64. The van der Waals surface area contributed by atoms with Gasteiger partial charge in [0.25, 0.3) is 5.91 Å². The van der Waals surface area contributed by atoms with Crippen molar-refractivity contribution >= 4 is 35.1 Å². The van der Waals surface area contributed by atoms with Crippen LogP contribution in [0.2, 0.25) is 10.0 Å². The van der Waals surface area contributed by atoms with Gasteiger partial charge in [-0.05, 0) is 36.2 Å². The largest absolute Gasteiger partial charge is 0.508 e. The van der Waals surface area contributed by atoms with E-state index < -0.39 is 18.4 Å². The van der Waals surface area contributed by atoms with E-state index in [0.717, 1.165) is 0 Å². The van der Waals surface area contributed by atoms with Crippen LogP contribution in [0.15, 0.2) is 30.3 Å². The molecule has 0 bridgehead atoms. The molecule has 0 spiro atoms. The Kier molecular flexibility index (Phi) is 6.34. The SMILES string of the molecule is CC(C)c1cc(Oc2c(Cl)cc(C(=O)NCC(=O)O)cc2Cl)ccc1O. The molecule has 6 nitrogen and oxygen atoms in total. The van der Waals surface area contributed by atoms with Crippen molar-refractivity contribution in [3.8, 4) is 17.2 Å². The predicted octanol–water partition coefficient (Wildman–Crippen LogP) is 4.43. The first-order valence-corrected chi connectivity index (χ1v) is 8.44. The van der Waals surface area contributed by atoms with E-state index in [9.17, 15) is 14.7 Å². The van der Waals surface area contributed by atoms with Crippen molar-refractivity contribution in [2.24, 2.45) is 0 Å². The van der Waals surface area contributed by atoms with E-state index in [4.69, 9.17) is 33.0 Å². The predicted molar refractivity (Wildman–Crippen MR) is 98.7 cm³/mol. The molecule has 0 saturated carbocycles. The second kappa shape index (κ2) is 8.29. The van der Waals surface area contributed by atoms with Crippen LogP contribution in [0.3, 0.4) is 0 Å². The lowest BCUT2D eigenvalue weighted by molar-refractivity contribution is -0.135. The van der Waals surface area contributed by atoms with Crippen LogP contribution >= 0.6 is 23.2 Å². The third kappa shape index (κ3) is 4.80. The number of benzene rings is 2. The lowest BCUT2D eigenvalue weighted by atomic mass is 10.0. The van der Waals surface area contributed by atoms with Crippen LogP contribution in [0.5, 0.6) is 17.2 Å². The van der Waals surface area contributed by atoms with Crippen molar-refractivity contribution in [2.45, 2.75) is 19.8 Å². The average molecular weight is 398 g/mol. The number of aromatic hydroxyl groups is 1. The number of hydrogen-bond acceptors (Lipinski definition) is 4. The first-order chi connectivity index (χ1) is 12.2. The summed E-state index contributed by atoms with van der Waals surface area (Å²) in [6, 6.07) is 7.44. The van der Waals surface area contributed by atoms with E-state index in [1.807, 2.05) is 13.8 Å². The van der Waals surface area contributed by atoms with Crippen LogP contribution in [0.4, 0.5) is 0 Å². The molecular weight excluding hydrogens is 381 g/mol. The molecule has 0 radical (unpaired) electrons. The lowest BCUT2D eigenvalue weighted by Crippen LogP contribution is -2.29. The van der Waals surface area contributed by atoms with E-state index in [-0.39, 0.29) is 33.0 Å². The maximum absolute atomic E-state index is 11.9. The van der Waals surface area contributed by atoms with E-state index in [0.29, 0.717) is 11.3 Å². The number of carboxylic acids is 1. The number of halogens is 2. The van der Waals surface area contributed by atoms with Gasteiger partial charge in [-0.3, -0.25) is 9.59 Å². The monoisotopic (exact) mass is 397 g/mol. The summed E-state index contributed by atoms with van der Waals surface area (Å²) in [5, 5.41) is 20.9. The molecular formula is C18H17Cl2NO5. The van der Waals surface area contributed by atoms with Gasteiger partial charge in [0.05, 0.1) is 10.0 Å². The van der Waals surface area contributed by atoms with Crippen molar-refractivity contribution in [2.75, 3.05) is 6.54 Å². The van der Waals surface area contributed by atoms with Crippen LogP contribution < -0.4 is 10.1 Å². The van der Waals surface area contributed by atoms with E-state index in [2.05, 4.69) is 5.32 Å². The summed E-state index contributed by atoms with van der Waals surface area (Å²) < 4.78 is 5.72. The highest BCUT2D eigenvalue weighted by Gasteiger charge is 2.16. The third-order valence-electron chi connectivity index (χ3n) is 3.50. The topological polar surface area (TPSA) is 95.9 Å². The highest BCUT2D eigenvalue weighted by molar-refractivity contribution is 6.37. The smallest absolute Gasteiger partial charge is 0.322 e. The zero-order chi connectivity index (χ0) is 19.4. The molecule has 0 saturated heterocycles. The summed E-state index contributed by atoms with van der Waals surface area (Å²) in [7, 11) is 0. The Morgan fingerprint density at radius 1 is 1.15 bits per heavy atom. The van der Waals surface area contributed by atoms with Gasteiger partial charge < -0.3 is 20.3 Å². The summed E-state index contributed by atoms with van der Waals surface area (Å²) >= 11 is 12.3. The first-order valence-electron chi connectivity index (χ1n) is 7.68. The number of ether oxygens (including phenoxy) is 1. The summed E-state index contributed by atoms with van der Waals surface area (Å²) in [4.78, 5) is 22.4. The molecule has 138 valence electrons. The molecule has 0 aliphatic carbocycles. The van der Waals surface area contributed by atoms with E-state index in [1.165, 1.54) is 18.2 Å². The molecule has 0 aliphatic heterocycles. The Hall–Kier alpha value is -2.44. The number of phenolic OH excluding ortho intramolecular Hbond substituents is 1. The Balaban J connectivity index is 2.27. The molecule has 3 N–H and O–H groups in total. The highest BCUT2D eigenvalue weighted by Crippen LogP contribution is 2.39. The van der Waals surface area contributed by atoms with Gasteiger partial charge in [0.1, 0.15) is 18.0 Å². The van der Waals surface area contributed by atoms with Crippen molar-refractivity contribution in [3.63, 3.8) is 0 Å². The molecule has 8 heteroatoms. The molecule has 2 rings (SSSR count). The quantitative estimate of drug-likeness (QED) is 0.669. The number of carbonyl (C=O) groups excluding carboxylic acids is 1. The lowest BCUT2D eigenvalue weighted by Gasteiger charge is -2.14. The molecule has 0 heterocycles. The Bertz CT molecular complexity index is 828. The van der Waals surface area contributed by atoms with Gasteiger partial charge in [0, 0.05) is 11.1 Å². The number of rotatable bonds is 6. The number of aliphatic carboxylic acids is 1. The minimum absolute atomic E-state index is 0.0878. The van der Waals surface area contributed by atoms with Gasteiger partial charge in [-0.25, -0.2) is 0 Å². The Morgan fingerprint density at radius 3 is 2.31 bits per heavy atom. The molecule has 26 heavy (non-hydrogen) atoms. The van der Waals surface area contributed by atoms with E-state index in [1.54, 1.807) is 12.1 Å². The number of phenols is 1. The van der Waals surface area contributed by atoms with Crippen molar-refractivity contribution < 1.29 is 24.5 Å². The Morgan fingerprint density at radius 2 is 1.77 bits per heavy atom. The Labute approximate surface area is 160 Å². The zero-order valence-corrected chi connectivity index (χ0v) is 15.6. The fourth-order valence-electron chi connectivity index (χ4n) is 2.22. The van der Waals surface area contributed by atoms with Gasteiger partial charge >= 0.3 is 5.97 Å². The maximum Gasteiger partial charge on any atom is 0.322 e. The third-order valence-corrected chi connectivity index (χ3v) is 4.06. The van der Waals surface area contributed by atoms with Crippen molar-refractivity contribution in [1.82, 2.24) is 5.32 Å². The second-order valence-electron chi connectivity index (χ2n) is 5.82. The fourth-order valence-corrected chi connectivity index (χ4v) is 2.79. The van der Waals surface area contributed by atoms with Gasteiger partial charge in [0.2, 0.25) is 0 Å². The van der Waals surface area contributed by atoms with Crippen molar-refractivity contribution in [1.29, 1.82) is 0 Å². The summed E-state index contributed by atoms with van der Waals surface area (Å²) in [6.07, 6.45) is 0. The zero-order valence-electron chi connectivity index (χ0n) is 14.0. The highest BCUT2D eigenvalue weighted by atomic mass is 35.5. The minimum atomic E-state index is -1.16. The molecule has 1 amide bonds. The number of nitrogens with one attached hydrogen (secondary N) is 1. The van der Waals surface area contributed by atoms with E-state index >= 15 is 0 Å². The molecule has 0 aliphatic rings. The van der Waals surface area contributed by atoms with Crippen LogP contribution in [0.1, 0.15) is 35.7 Å². The van der Waals surface area contributed by atoms with Gasteiger partial charge in [0.15, 0.2) is 5.75 Å². The number of amides is 1. The fraction of sp³-hybridized carbons (Fsp3) is 0.222. The summed E-state index contributed by atoms with van der Waals surface area (Å²) in [5.74, 6) is -0.944. The molecule has 0 aromatic heterocycles. The number of carbonyl (C=O) groups is 2. The van der Waals surface area contributed by atoms with Gasteiger partial charge in [-0.1, -0.05) is 37.0 Å². The molecule has 0 fully saturated rings. The van der Waals surface area contributed by atoms with Gasteiger partial charge in [-0.15, -0.1) is 0 Å². The van der Waals surface area contributed by atoms with Gasteiger partial charge in [-0.2, -0.15) is 0 Å². The molecule has 2 aromatic carbocycles. The summed E-state index contributed by atoms with van der Waals surface area (Å²) in [6.45, 7) is 3.35. The molecule has 0 atom stereocenters. The van der Waals surface area contributed by atoms with Crippen LogP contribution in [0, 0.1) is 0 Å². The standard InChI is InChI=1S/C18H17Cl2NO5/c1-9(2)12-7-11(3-4-15(12)22)26-17-13(19)5-10(6-14(17)20)18(25)21-8-16(23)24/h3-7,9,22H,8H2,1-2H3,(H,21,25)(H,23,24). The van der Waals surface area contributed by atoms with Crippen molar-refractivity contribution in [3.05, 3.63) is 51.5 Å². The summed E-state index contributed by atoms with van der Waals surface area (Å²) in [5.41, 5.74) is 0.821. The first kappa shape index (κ1) is 19.9. The van der Waals surface area contributed by atoms with Crippen LogP contribution in [-0.2, 0) is 4.79 Å². The van der Waals surface area contributed by atoms with Crippen LogP contribution in [-0.4, -0.2) is 28.6 Å². The molecule has 0 unspecified atom stereocenters.